The van der Waals surface area contributed by atoms with E-state index in [1.54, 1.807) is 0 Å². The van der Waals surface area contributed by atoms with Gasteiger partial charge in [-0.25, -0.2) is 0 Å². The van der Waals surface area contributed by atoms with Crippen molar-refractivity contribution in [1.29, 1.82) is 0 Å². The summed E-state index contributed by atoms with van der Waals surface area (Å²) in [5, 5.41) is 0.822. The van der Waals surface area contributed by atoms with Crippen molar-refractivity contribution in [3.63, 3.8) is 0 Å². The Kier molecular flexibility index (Phi) is 5.48. The van der Waals surface area contributed by atoms with Crippen LogP contribution in [-0.2, 0) is 11.9 Å². The van der Waals surface area contributed by atoms with Gasteiger partial charge in [0.05, 0.1) is 8.95 Å². The van der Waals surface area contributed by atoms with Gasteiger partial charge in [-0.1, -0.05) is 45.8 Å². The summed E-state index contributed by atoms with van der Waals surface area (Å²) in [6.45, 7) is 2.65. The maximum absolute atomic E-state index is 5.90. The van der Waals surface area contributed by atoms with Gasteiger partial charge in [0.25, 0.3) is 0 Å². The molecule has 0 heterocycles. The fourth-order valence-corrected chi connectivity index (χ4v) is 3.62. The third kappa shape index (κ3) is 4.07. The van der Waals surface area contributed by atoms with E-state index in [-0.39, 0.29) is 0 Å². The van der Waals surface area contributed by atoms with Crippen molar-refractivity contribution >= 4 is 47.8 Å². The minimum atomic E-state index is 0.562. The molecule has 0 fully saturated rings. The zero-order valence-corrected chi connectivity index (χ0v) is 15.2. The number of hydrogen-bond acceptors (Lipinski definition) is 1. The summed E-state index contributed by atoms with van der Waals surface area (Å²) in [6.07, 6.45) is 0. The molecule has 0 aromatic heterocycles. The molecule has 0 spiro atoms. The van der Waals surface area contributed by atoms with Crippen LogP contribution in [0, 0.1) is 6.92 Å². The standard InChI is InChI=1S/C15H13Br3O/c1-10-3-2-4-11(5-10)9-19-15-13(17)6-12(8-16)7-14(15)18/h2-7H,8-9H2,1H3. The van der Waals surface area contributed by atoms with Gasteiger partial charge in [0, 0.05) is 5.33 Å². The number of benzene rings is 2. The molecule has 0 saturated carbocycles. The molecular weight excluding hydrogens is 436 g/mol. The molecule has 2 aromatic rings. The van der Waals surface area contributed by atoms with E-state index in [4.69, 9.17) is 4.74 Å². The number of hydrogen-bond donors (Lipinski definition) is 0. The Morgan fingerprint density at radius 1 is 1.00 bits per heavy atom. The molecule has 0 amide bonds. The van der Waals surface area contributed by atoms with Crippen molar-refractivity contribution < 1.29 is 4.74 Å². The van der Waals surface area contributed by atoms with E-state index in [9.17, 15) is 0 Å². The molecule has 0 unspecified atom stereocenters. The molecule has 0 N–H and O–H groups in total. The average molecular weight is 449 g/mol. The first-order valence-electron chi connectivity index (χ1n) is 5.82. The summed E-state index contributed by atoms with van der Waals surface area (Å²) in [6, 6.07) is 12.5. The Morgan fingerprint density at radius 3 is 2.26 bits per heavy atom. The average Bonchev–Trinajstić information content (AvgIpc) is 2.37. The minimum absolute atomic E-state index is 0.562. The van der Waals surface area contributed by atoms with E-state index < -0.39 is 0 Å². The third-order valence-electron chi connectivity index (χ3n) is 2.68. The van der Waals surface area contributed by atoms with E-state index in [1.165, 1.54) is 16.7 Å². The number of aryl methyl sites for hydroxylation is 1. The molecule has 100 valence electrons. The normalized spacial score (nSPS) is 10.5. The predicted octanol–water partition coefficient (Wildman–Crippen LogP) is 5.99. The van der Waals surface area contributed by atoms with Gasteiger partial charge in [0.15, 0.2) is 0 Å². The monoisotopic (exact) mass is 446 g/mol. The second kappa shape index (κ2) is 6.91. The van der Waals surface area contributed by atoms with E-state index in [0.29, 0.717) is 6.61 Å². The summed E-state index contributed by atoms with van der Waals surface area (Å²) in [4.78, 5) is 0. The Balaban J connectivity index is 2.16. The van der Waals surface area contributed by atoms with Gasteiger partial charge < -0.3 is 4.74 Å². The number of rotatable bonds is 4. The molecule has 0 aliphatic heterocycles. The Morgan fingerprint density at radius 2 is 1.68 bits per heavy atom. The number of alkyl halides is 1. The lowest BCUT2D eigenvalue weighted by molar-refractivity contribution is 0.302. The van der Waals surface area contributed by atoms with Crippen LogP contribution in [0.5, 0.6) is 5.75 Å². The Bertz CT molecular complexity index is 558. The van der Waals surface area contributed by atoms with Crippen LogP contribution >= 0.6 is 47.8 Å². The maximum atomic E-state index is 5.90. The van der Waals surface area contributed by atoms with Crippen molar-refractivity contribution in [1.82, 2.24) is 0 Å². The highest BCUT2D eigenvalue weighted by Gasteiger charge is 2.09. The van der Waals surface area contributed by atoms with Crippen LogP contribution in [0.15, 0.2) is 45.3 Å². The lowest BCUT2D eigenvalue weighted by atomic mass is 10.1. The molecule has 0 aliphatic rings. The number of halogens is 3. The molecule has 0 radical (unpaired) electrons. The molecule has 0 bridgehead atoms. The molecule has 0 aliphatic carbocycles. The summed E-state index contributed by atoms with van der Waals surface area (Å²) in [5.41, 5.74) is 3.61. The van der Waals surface area contributed by atoms with Crippen LogP contribution in [-0.4, -0.2) is 0 Å². The van der Waals surface area contributed by atoms with E-state index in [1.807, 2.05) is 6.07 Å². The first-order valence-corrected chi connectivity index (χ1v) is 8.53. The van der Waals surface area contributed by atoms with Crippen molar-refractivity contribution in [2.45, 2.75) is 18.9 Å². The van der Waals surface area contributed by atoms with Gasteiger partial charge >= 0.3 is 0 Å². The summed E-state index contributed by atoms with van der Waals surface area (Å²) in [5.74, 6) is 0.839. The van der Waals surface area contributed by atoms with Gasteiger partial charge in [-0.2, -0.15) is 0 Å². The van der Waals surface area contributed by atoms with E-state index in [0.717, 1.165) is 20.0 Å². The fourth-order valence-electron chi connectivity index (χ4n) is 1.78. The van der Waals surface area contributed by atoms with Gasteiger partial charge in [0.1, 0.15) is 12.4 Å². The summed E-state index contributed by atoms with van der Waals surface area (Å²) >= 11 is 10.6. The van der Waals surface area contributed by atoms with Gasteiger partial charge in [-0.15, -0.1) is 0 Å². The Labute approximate surface area is 138 Å². The third-order valence-corrected chi connectivity index (χ3v) is 4.50. The van der Waals surface area contributed by atoms with Crippen LogP contribution in [0.1, 0.15) is 16.7 Å². The summed E-state index contributed by atoms with van der Waals surface area (Å²) < 4.78 is 7.82. The highest BCUT2D eigenvalue weighted by atomic mass is 79.9. The largest absolute Gasteiger partial charge is 0.487 e. The molecule has 4 heteroatoms. The fraction of sp³-hybridized carbons (Fsp3) is 0.200. The van der Waals surface area contributed by atoms with Crippen LogP contribution in [0.4, 0.5) is 0 Å². The van der Waals surface area contributed by atoms with Crippen molar-refractivity contribution in [3.05, 3.63) is 62.0 Å². The first-order chi connectivity index (χ1) is 9.10. The summed E-state index contributed by atoms with van der Waals surface area (Å²) in [7, 11) is 0. The highest BCUT2D eigenvalue weighted by molar-refractivity contribution is 9.11. The smallest absolute Gasteiger partial charge is 0.148 e. The maximum Gasteiger partial charge on any atom is 0.148 e. The zero-order chi connectivity index (χ0) is 13.8. The lowest BCUT2D eigenvalue weighted by Crippen LogP contribution is -1.97. The Hall–Kier alpha value is -0.320. The predicted molar refractivity (Wildman–Crippen MR) is 90.0 cm³/mol. The first kappa shape index (κ1) is 15.1. The van der Waals surface area contributed by atoms with Crippen LogP contribution in [0.3, 0.4) is 0 Å². The SMILES string of the molecule is Cc1cccc(COc2c(Br)cc(CBr)cc2Br)c1. The second-order valence-electron chi connectivity index (χ2n) is 4.30. The van der Waals surface area contributed by atoms with E-state index >= 15 is 0 Å². The van der Waals surface area contributed by atoms with Gasteiger partial charge in [0.2, 0.25) is 0 Å². The molecule has 1 nitrogen and oxygen atoms in total. The molecule has 2 rings (SSSR count). The minimum Gasteiger partial charge on any atom is -0.487 e. The van der Waals surface area contributed by atoms with Gasteiger partial charge in [-0.05, 0) is 62.0 Å². The zero-order valence-electron chi connectivity index (χ0n) is 10.4. The molecule has 0 atom stereocenters. The number of ether oxygens (including phenoxy) is 1. The van der Waals surface area contributed by atoms with Gasteiger partial charge in [-0.3, -0.25) is 0 Å². The molecular formula is C15H13Br3O. The van der Waals surface area contributed by atoms with Crippen LogP contribution in [0.25, 0.3) is 0 Å². The molecule has 0 saturated heterocycles. The lowest BCUT2D eigenvalue weighted by Gasteiger charge is -2.12. The van der Waals surface area contributed by atoms with Crippen LogP contribution < -0.4 is 4.74 Å². The molecule has 2 aromatic carbocycles. The van der Waals surface area contributed by atoms with Crippen molar-refractivity contribution in [3.8, 4) is 5.75 Å². The van der Waals surface area contributed by atoms with Crippen LogP contribution in [0.2, 0.25) is 0 Å². The second-order valence-corrected chi connectivity index (χ2v) is 6.57. The highest BCUT2D eigenvalue weighted by Crippen LogP contribution is 2.35. The van der Waals surface area contributed by atoms with E-state index in [2.05, 4.69) is 85.0 Å². The topological polar surface area (TPSA) is 9.23 Å². The van der Waals surface area contributed by atoms with Crippen molar-refractivity contribution in [2.24, 2.45) is 0 Å². The molecule has 19 heavy (non-hydrogen) atoms. The quantitative estimate of drug-likeness (QED) is 0.522. The van der Waals surface area contributed by atoms with Crippen molar-refractivity contribution in [2.75, 3.05) is 0 Å².